The number of carbonyl (C=O) groups is 1. The predicted octanol–water partition coefficient (Wildman–Crippen LogP) is 6.66. The maximum atomic E-state index is 12.3. The van der Waals surface area contributed by atoms with Crippen molar-refractivity contribution in [1.29, 1.82) is 0 Å². The number of hydrogen-bond acceptors (Lipinski definition) is 5. The van der Waals surface area contributed by atoms with Crippen molar-refractivity contribution in [1.82, 2.24) is 0 Å². The molecule has 37 heavy (non-hydrogen) atoms. The Kier molecular flexibility index (Phi) is 7.67. The predicted molar refractivity (Wildman–Crippen MR) is 149 cm³/mol. The molecule has 0 amide bonds. The van der Waals surface area contributed by atoms with E-state index in [1.165, 1.54) is 6.92 Å². The van der Waals surface area contributed by atoms with Crippen molar-refractivity contribution >= 4 is 20.4 Å². The molecule has 0 N–H and O–H groups in total. The van der Waals surface area contributed by atoms with Crippen LogP contribution in [0.5, 0.6) is 0 Å². The van der Waals surface area contributed by atoms with Gasteiger partial charge in [0.1, 0.15) is 6.10 Å². The molecule has 1 aromatic carbocycles. The third-order valence-corrected chi connectivity index (χ3v) is 12.3. The Bertz CT molecular complexity index is 1130. The van der Waals surface area contributed by atoms with E-state index in [2.05, 4.69) is 59.6 Å². The number of rotatable bonds is 4. The van der Waals surface area contributed by atoms with Crippen LogP contribution in [0.2, 0.25) is 18.1 Å². The van der Waals surface area contributed by atoms with Gasteiger partial charge < -0.3 is 18.6 Å². The molecule has 2 aliphatic carbocycles. The van der Waals surface area contributed by atoms with Gasteiger partial charge in [-0.25, -0.2) is 0 Å². The van der Waals surface area contributed by atoms with E-state index in [1.54, 1.807) is 0 Å². The van der Waals surface area contributed by atoms with Crippen molar-refractivity contribution in [3.8, 4) is 11.8 Å². The second-order valence-electron chi connectivity index (χ2n) is 12.8. The topological polar surface area (TPSA) is 54.0 Å². The van der Waals surface area contributed by atoms with E-state index in [0.717, 1.165) is 36.0 Å². The second kappa shape index (κ2) is 10.2. The molecular weight excluding hydrogens is 480 g/mol. The van der Waals surface area contributed by atoms with Gasteiger partial charge in [0.2, 0.25) is 5.79 Å². The molecule has 1 aromatic rings. The summed E-state index contributed by atoms with van der Waals surface area (Å²) in [5.41, 5.74) is 3.63. The fraction of sp³-hybridized carbons (Fsp3) is 0.581. The van der Waals surface area contributed by atoms with Gasteiger partial charge in [-0.2, -0.15) is 0 Å². The number of carbonyl (C=O) groups excluding carboxylic acids is 1. The molecule has 3 aliphatic rings. The van der Waals surface area contributed by atoms with Crippen molar-refractivity contribution in [2.45, 2.75) is 96.9 Å². The van der Waals surface area contributed by atoms with Crippen LogP contribution >= 0.6 is 0 Å². The van der Waals surface area contributed by atoms with E-state index < -0.39 is 20.2 Å². The number of ether oxygens (including phenoxy) is 3. The SMILES string of the molecule is CC(=O)OC1C2=C(CCCC(O[Si](C)(C)C(C)(C)C)C#C/C1=C\c1ccccc1)C21OCC(C)(C)CO1. The lowest BCUT2D eigenvalue weighted by Crippen LogP contribution is -2.43. The standard InChI is InChI=1S/C31H42O5Si/c1-22(32)35-28-24(19-23-13-10-9-11-14-23)17-18-25(36-37(7,8)29(2,3)4)15-12-16-26-27(28)31(26)33-20-30(5,6)21-34-31/h9-11,13-14,19,25,28H,12,15-16,20-21H2,1-8H3/b24-19+. The molecule has 0 saturated carbocycles. The zero-order chi connectivity index (χ0) is 27.1. The molecule has 0 aromatic heterocycles. The molecule has 2 unspecified atom stereocenters. The molecule has 4 rings (SSSR count). The van der Waals surface area contributed by atoms with Crippen molar-refractivity contribution in [2.24, 2.45) is 5.41 Å². The molecule has 5 nitrogen and oxygen atoms in total. The quantitative estimate of drug-likeness (QED) is 0.192. The van der Waals surface area contributed by atoms with Crippen LogP contribution in [0, 0.1) is 17.3 Å². The normalized spacial score (nSPS) is 26.2. The third kappa shape index (κ3) is 6.12. The van der Waals surface area contributed by atoms with Gasteiger partial charge in [0.15, 0.2) is 14.4 Å². The minimum absolute atomic E-state index is 0.0699. The van der Waals surface area contributed by atoms with Crippen LogP contribution in [0.1, 0.15) is 66.4 Å². The van der Waals surface area contributed by atoms with Crippen LogP contribution < -0.4 is 0 Å². The monoisotopic (exact) mass is 522 g/mol. The molecule has 1 heterocycles. The Morgan fingerprint density at radius 2 is 1.78 bits per heavy atom. The first kappa shape index (κ1) is 27.9. The van der Waals surface area contributed by atoms with Gasteiger partial charge in [0, 0.05) is 29.1 Å². The lowest BCUT2D eigenvalue weighted by Gasteiger charge is -2.38. The lowest BCUT2D eigenvalue weighted by molar-refractivity contribution is -0.237. The van der Waals surface area contributed by atoms with E-state index in [9.17, 15) is 4.79 Å². The summed E-state index contributed by atoms with van der Waals surface area (Å²) in [4.78, 5) is 12.3. The minimum atomic E-state index is -2.03. The molecule has 1 aliphatic heterocycles. The molecular formula is C31H42O5Si. The highest BCUT2D eigenvalue weighted by Gasteiger charge is 2.62. The maximum Gasteiger partial charge on any atom is 0.303 e. The fourth-order valence-corrected chi connectivity index (χ4v) is 5.86. The maximum absolute atomic E-state index is 12.3. The highest BCUT2D eigenvalue weighted by atomic mass is 28.4. The van der Waals surface area contributed by atoms with Crippen molar-refractivity contribution in [3.63, 3.8) is 0 Å². The summed E-state index contributed by atoms with van der Waals surface area (Å²) >= 11 is 0. The smallest absolute Gasteiger partial charge is 0.303 e. The highest BCUT2D eigenvalue weighted by Crippen LogP contribution is 2.57. The van der Waals surface area contributed by atoms with Crippen molar-refractivity contribution in [3.05, 3.63) is 52.6 Å². The fourth-order valence-electron chi connectivity index (χ4n) is 4.62. The summed E-state index contributed by atoms with van der Waals surface area (Å²) in [5, 5.41) is 0.0831. The van der Waals surface area contributed by atoms with Crippen LogP contribution in [0.3, 0.4) is 0 Å². The van der Waals surface area contributed by atoms with E-state index in [4.69, 9.17) is 18.6 Å². The Morgan fingerprint density at radius 3 is 2.38 bits per heavy atom. The van der Waals surface area contributed by atoms with E-state index in [-0.39, 0.29) is 22.5 Å². The summed E-state index contributed by atoms with van der Waals surface area (Å²) in [7, 11) is -2.03. The van der Waals surface area contributed by atoms with Gasteiger partial charge in [-0.15, -0.1) is 0 Å². The van der Waals surface area contributed by atoms with Gasteiger partial charge in [-0.1, -0.05) is 76.8 Å². The number of benzene rings is 1. The van der Waals surface area contributed by atoms with Gasteiger partial charge in [0.05, 0.1) is 13.2 Å². The molecule has 1 fully saturated rings. The van der Waals surface area contributed by atoms with E-state index in [0.29, 0.717) is 18.8 Å². The molecule has 0 radical (unpaired) electrons. The van der Waals surface area contributed by atoms with E-state index in [1.807, 2.05) is 36.4 Å². The van der Waals surface area contributed by atoms with Crippen LogP contribution in [0.4, 0.5) is 0 Å². The molecule has 1 saturated heterocycles. The van der Waals surface area contributed by atoms with Gasteiger partial charge in [0.25, 0.3) is 0 Å². The summed E-state index contributed by atoms with van der Waals surface area (Å²) in [5.74, 6) is 5.58. The first-order valence-corrected chi connectivity index (χ1v) is 16.3. The number of fused-ring (bicyclic) bond motifs is 2. The minimum Gasteiger partial charge on any atom is -0.452 e. The summed E-state index contributed by atoms with van der Waals surface area (Å²) < 4.78 is 25.5. The summed E-state index contributed by atoms with van der Waals surface area (Å²) in [6, 6.07) is 10.0. The largest absolute Gasteiger partial charge is 0.452 e. The number of esters is 1. The molecule has 2 atom stereocenters. The van der Waals surface area contributed by atoms with Gasteiger partial charge in [-0.3, -0.25) is 4.79 Å². The first-order chi connectivity index (χ1) is 17.2. The van der Waals surface area contributed by atoms with Gasteiger partial charge >= 0.3 is 5.97 Å². The average molecular weight is 523 g/mol. The zero-order valence-corrected chi connectivity index (χ0v) is 24.7. The molecule has 1 spiro atoms. The molecule has 0 bridgehead atoms. The highest BCUT2D eigenvalue weighted by molar-refractivity contribution is 6.74. The Labute approximate surface area is 223 Å². The Morgan fingerprint density at radius 1 is 1.14 bits per heavy atom. The van der Waals surface area contributed by atoms with Crippen molar-refractivity contribution in [2.75, 3.05) is 13.2 Å². The Hall–Kier alpha value is -2.17. The third-order valence-electron chi connectivity index (χ3n) is 7.81. The molecule has 6 heteroatoms. The summed E-state index contributed by atoms with van der Waals surface area (Å²) in [6.07, 6.45) is 3.68. The van der Waals surface area contributed by atoms with Crippen LogP contribution in [-0.2, 0) is 23.4 Å². The number of hydrogen-bond donors (Lipinski definition) is 0. The molecule has 200 valence electrons. The van der Waals surface area contributed by atoms with E-state index >= 15 is 0 Å². The van der Waals surface area contributed by atoms with Crippen LogP contribution in [0.15, 0.2) is 47.1 Å². The Balaban J connectivity index is 1.76. The first-order valence-electron chi connectivity index (χ1n) is 13.4. The van der Waals surface area contributed by atoms with Crippen molar-refractivity contribution < 1.29 is 23.4 Å². The lowest BCUT2D eigenvalue weighted by atomic mass is 9.95. The van der Waals surface area contributed by atoms with Gasteiger partial charge in [-0.05, 0) is 49.0 Å². The van der Waals surface area contributed by atoms with Crippen LogP contribution in [0.25, 0.3) is 6.08 Å². The van der Waals surface area contributed by atoms with Crippen LogP contribution in [-0.4, -0.2) is 45.5 Å². The summed E-state index contributed by atoms with van der Waals surface area (Å²) in [6.45, 7) is 18.1. The average Bonchev–Trinajstić information content (AvgIpc) is 3.42. The second-order valence-corrected chi connectivity index (χ2v) is 17.5. The zero-order valence-electron chi connectivity index (χ0n) is 23.7.